The van der Waals surface area contributed by atoms with Crippen LogP contribution in [0.1, 0.15) is 6.92 Å². The zero-order valence-corrected chi connectivity index (χ0v) is 8.26. The van der Waals surface area contributed by atoms with Gasteiger partial charge in [-0.05, 0) is 0 Å². The number of hydrogen-bond acceptors (Lipinski definition) is 4. The van der Waals surface area contributed by atoms with Crippen LogP contribution in [0, 0.1) is 0 Å². The molecular weight excluding hydrogens is 198 g/mol. The second-order valence-corrected chi connectivity index (χ2v) is 2.59. The van der Waals surface area contributed by atoms with Gasteiger partial charge in [0.25, 0.3) is 0 Å². The summed E-state index contributed by atoms with van der Waals surface area (Å²) < 4.78 is 8.95. The Balaban J connectivity index is 3.75. The molecule has 0 radical (unpaired) electrons. The van der Waals surface area contributed by atoms with Gasteiger partial charge in [0.15, 0.2) is 0 Å². The van der Waals surface area contributed by atoms with Crippen molar-refractivity contribution < 1.29 is 19.1 Å². The summed E-state index contributed by atoms with van der Waals surface area (Å²) >= 11 is 5.47. The van der Waals surface area contributed by atoms with Crippen LogP contribution in [0.5, 0.6) is 0 Å². The molecule has 5 nitrogen and oxygen atoms in total. The van der Waals surface area contributed by atoms with Crippen LogP contribution in [0.3, 0.4) is 0 Å². The fourth-order valence-corrected chi connectivity index (χ4v) is 0.742. The normalized spacial score (nSPS) is 11.6. The maximum atomic E-state index is 10.6. The van der Waals surface area contributed by atoms with Crippen LogP contribution >= 0.6 is 11.6 Å². The van der Waals surface area contributed by atoms with Crippen LogP contribution in [0.2, 0.25) is 0 Å². The van der Waals surface area contributed by atoms with E-state index in [2.05, 4.69) is 10.1 Å². The fraction of sp³-hybridized carbons (Fsp3) is 0.714. The van der Waals surface area contributed by atoms with Crippen LogP contribution in [0.15, 0.2) is 0 Å². The van der Waals surface area contributed by atoms with Gasteiger partial charge in [-0.1, -0.05) is 0 Å². The number of carbonyl (C=O) groups is 2. The second-order valence-electron chi connectivity index (χ2n) is 2.29. The molecule has 0 aliphatic heterocycles. The van der Waals surface area contributed by atoms with E-state index in [1.54, 1.807) is 0 Å². The molecule has 0 bridgehead atoms. The van der Waals surface area contributed by atoms with Crippen molar-refractivity contribution in [3.8, 4) is 0 Å². The molecule has 0 spiro atoms. The van der Waals surface area contributed by atoms with E-state index in [9.17, 15) is 9.59 Å². The average molecular weight is 210 g/mol. The molecule has 1 N–H and O–H groups in total. The summed E-state index contributed by atoms with van der Waals surface area (Å²) in [6, 6.07) is 0. The van der Waals surface area contributed by atoms with Crippen LogP contribution in [0.25, 0.3) is 0 Å². The summed E-state index contributed by atoms with van der Waals surface area (Å²) in [7, 11) is 1.20. The van der Waals surface area contributed by atoms with Crippen molar-refractivity contribution in [2.75, 3.05) is 19.5 Å². The van der Waals surface area contributed by atoms with E-state index < -0.39 is 12.3 Å². The molecule has 0 aliphatic rings. The Labute approximate surface area is 81.3 Å². The number of methoxy groups -OCH3 is 1. The highest BCUT2D eigenvalue weighted by Gasteiger charge is 2.13. The van der Waals surface area contributed by atoms with Crippen molar-refractivity contribution in [1.82, 2.24) is 5.32 Å². The van der Waals surface area contributed by atoms with Crippen molar-refractivity contribution in [2.24, 2.45) is 0 Å². The quantitative estimate of drug-likeness (QED) is 0.541. The van der Waals surface area contributed by atoms with E-state index in [1.807, 2.05) is 0 Å². The minimum absolute atomic E-state index is 0.107. The third-order valence-electron chi connectivity index (χ3n) is 1.18. The molecule has 1 amide bonds. The van der Waals surface area contributed by atoms with E-state index >= 15 is 0 Å². The molecule has 0 aromatic heterocycles. The number of nitrogens with one attached hydrogen (secondary N) is 1. The molecule has 0 aromatic carbocycles. The monoisotopic (exact) mass is 209 g/mol. The molecule has 1 atom stereocenters. The molecular formula is C7H12ClNO4. The predicted octanol–water partition coefficient (Wildman–Crippen LogP) is 0.513. The molecule has 0 fully saturated rings. The Hall–Kier alpha value is -0.970. The largest absolute Gasteiger partial charge is 0.508 e. The van der Waals surface area contributed by atoms with Gasteiger partial charge in [-0.15, -0.1) is 11.6 Å². The van der Waals surface area contributed by atoms with Crippen LogP contribution in [-0.4, -0.2) is 37.7 Å². The lowest BCUT2D eigenvalue weighted by Gasteiger charge is -2.13. The molecule has 0 rings (SSSR count). The van der Waals surface area contributed by atoms with Crippen LogP contribution < -0.4 is 5.32 Å². The molecule has 0 saturated carbocycles. The summed E-state index contributed by atoms with van der Waals surface area (Å²) in [6.45, 7) is 1.55. The van der Waals surface area contributed by atoms with Crippen LogP contribution in [-0.2, 0) is 14.3 Å². The average Bonchev–Trinajstić information content (AvgIpc) is 2.11. The lowest BCUT2D eigenvalue weighted by molar-refractivity contribution is -0.119. The lowest BCUT2D eigenvalue weighted by Crippen LogP contribution is -2.34. The van der Waals surface area contributed by atoms with Crippen molar-refractivity contribution in [3.05, 3.63) is 0 Å². The zero-order valence-electron chi connectivity index (χ0n) is 7.50. The van der Waals surface area contributed by atoms with E-state index in [4.69, 9.17) is 16.3 Å². The topological polar surface area (TPSA) is 64.6 Å². The Bertz CT molecular complexity index is 185. The molecule has 0 aromatic rings. The Morgan fingerprint density at radius 1 is 1.54 bits per heavy atom. The minimum atomic E-state index is -0.809. The van der Waals surface area contributed by atoms with E-state index in [1.165, 1.54) is 14.0 Å². The minimum Gasteiger partial charge on any atom is -0.438 e. The summed E-state index contributed by atoms with van der Waals surface area (Å²) in [5.41, 5.74) is 0. The molecule has 0 aliphatic carbocycles. The van der Waals surface area contributed by atoms with E-state index in [0.29, 0.717) is 0 Å². The number of rotatable bonds is 4. The number of hydrogen-bond donors (Lipinski definition) is 1. The third kappa shape index (κ3) is 6.21. The van der Waals surface area contributed by atoms with Gasteiger partial charge in [0, 0.05) is 6.92 Å². The van der Waals surface area contributed by atoms with Gasteiger partial charge < -0.3 is 14.8 Å². The zero-order chi connectivity index (χ0) is 10.3. The number of carbonyl (C=O) groups excluding carboxylic acids is 2. The van der Waals surface area contributed by atoms with Gasteiger partial charge in [-0.25, -0.2) is 4.79 Å². The lowest BCUT2D eigenvalue weighted by atomic mass is 10.4. The maximum Gasteiger partial charge on any atom is 0.508 e. The summed E-state index contributed by atoms with van der Waals surface area (Å²) in [5, 5.41) is 2.47. The SMILES string of the molecule is COC(=O)O[C@H](CCl)CNC(C)=O. The Kier molecular flexibility index (Phi) is 6.05. The van der Waals surface area contributed by atoms with Crippen molar-refractivity contribution in [3.63, 3.8) is 0 Å². The van der Waals surface area contributed by atoms with Gasteiger partial charge in [0.05, 0.1) is 19.5 Å². The predicted molar refractivity (Wildman–Crippen MR) is 46.7 cm³/mol. The molecule has 76 valence electrons. The van der Waals surface area contributed by atoms with Gasteiger partial charge in [0.1, 0.15) is 6.10 Å². The summed E-state index contributed by atoms with van der Waals surface area (Å²) in [4.78, 5) is 21.1. The third-order valence-corrected chi connectivity index (χ3v) is 1.52. The number of ether oxygens (including phenoxy) is 2. The van der Waals surface area contributed by atoms with Gasteiger partial charge in [0.2, 0.25) is 5.91 Å². The van der Waals surface area contributed by atoms with Crippen molar-refractivity contribution in [2.45, 2.75) is 13.0 Å². The maximum absolute atomic E-state index is 10.6. The molecule has 0 unspecified atom stereocenters. The summed E-state index contributed by atoms with van der Waals surface area (Å²) in [6.07, 6.45) is -1.37. The first-order valence-electron chi connectivity index (χ1n) is 3.65. The highest BCUT2D eigenvalue weighted by molar-refractivity contribution is 6.18. The van der Waals surface area contributed by atoms with Crippen LogP contribution in [0.4, 0.5) is 4.79 Å². The van der Waals surface area contributed by atoms with Gasteiger partial charge in [-0.3, -0.25) is 4.79 Å². The first-order chi connectivity index (χ1) is 6.10. The fourth-order valence-electron chi connectivity index (χ4n) is 0.569. The number of alkyl halides is 1. The Morgan fingerprint density at radius 3 is 2.54 bits per heavy atom. The molecule has 0 heterocycles. The van der Waals surface area contributed by atoms with Crippen molar-refractivity contribution in [1.29, 1.82) is 0 Å². The van der Waals surface area contributed by atoms with Gasteiger partial charge in [-0.2, -0.15) is 0 Å². The smallest absolute Gasteiger partial charge is 0.438 e. The number of halogens is 1. The molecule has 13 heavy (non-hydrogen) atoms. The van der Waals surface area contributed by atoms with E-state index in [-0.39, 0.29) is 18.3 Å². The Morgan fingerprint density at radius 2 is 2.15 bits per heavy atom. The molecule has 0 saturated heterocycles. The van der Waals surface area contributed by atoms with Gasteiger partial charge >= 0.3 is 6.16 Å². The van der Waals surface area contributed by atoms with E-state index in [0.717, 1.165) is 0 Å². The first-order valence-corrected chi connectivity index (χ1v) is 4.18. The first kappa shape index (κ1) is 12.0. The standard InChI is InChI=1S/C7H12ClNO4/c1-5(10)9-4-6(3-8)13-7(11)12-2/h6H,3-4H2,1-2H3,(H,9,10)/t6-/m1/s1. The number of amides is 1. The summed E-state index contributed by atoms with van der Waals surface area (Å²) in [5.74, 6) is -0.0985. The highest BCUT2D eigenvalue weighted by atomic mass is 35.5. The molecule has 6 heteroatoms. The highest BCUT2D eigenvalue weighted by Crippen LogP contribution is 1.96. The second kappa shape index (κ2) is 6.54. The van der Waals surface area contributed by atoms with Crippen molar-refractivity contribution >= 4 is 23.7 Å².